The van der Waals surface area contributed by atoms with Crippen LogP contribution < -0.4 is 9.47 Å². The van der Waals surface area contributed by atoms with Crippen molar-refractivity contribution in [2.75, 3.05) is 0 Å². The molecule has 1 aliphatic heterocycles. The van der Waals surface area contributed by atoms with Crippen LogP contribution in [0.1, 0.15) is 26.3 Å². The summed E-state index contributed by atoms with van der Waals surface area (Å²) in [6.45, 7) is 0. The summed E-state index contributed by atoms with van der Waals surface area (Å²) in [6, 6.07) is 16.1. The maximum absolute atomic E-state index is 12.6. The van der Waals surface area contributed by atoms with E-state index in [4.69, 9.17) is 44.3 Å². The number of Topliss-reactive ketones (excluding diaryl/α,β-unsaturated/α-hetero) is 1. The maximum atomic E-state index is 12.6. The number of carbonyl (C=O) groups excluding carboxylic acids is 2. The molecule has 144 valence electrons. The van der Waals surface area contributed by atoms with Gasteiger partial charge in [-0.05, 0) is 48.0 Å². The molecule has 0 unspecified atom stereocenters. The maximum Gasteiger partial charge on any atom is 0.345 e. The van der Waals surface area contributed by atoms with Gasteiger partial charge in [0.25, 0.3) is 0 Å². The minimum absolute atomic E-state index is 0.132. The Morgan fingerprint density at radius 2 is 1.69 bits per heavy atom. The molecule has 4 nitrogen and oxygen atoms in total. The van der Waals surface area contributed by atoms with Crippen LogP contribution in [0.25, 0.3) is 6.08 Å². The van der Waals surface area contributed by atoms with Gasteiger partial charge in [0.15, 0.2) is 5.76 Å². The first-order valence-corrected chi connectivity index (χ1v) is 9.56. The zero-order chi connectivity index (χ0) is 20.5. The number of allylic oxidation sites excluding steroid dienone is 1. The minimum atomic E-state index is -0.605. The quantitative estimate of drug-likeness (QED) is 0.263. The second-order valence-corrected chi connectivity index (χ2v) is 7.36. The van der Waals surface area contributed by atoms with Crippen LogP contribution in [0.4, 0.5) is 0 Å². The third-order valence-corrected chi connectivity index (χ3v) is 5.26. The lowest BCUT2D eigenvalue weighted by atomic mass is 10.1. The first-order chi connectivity index (χ1) is 13.9. The second-order valence-electron chi connectivity index (χ2n) is 6.14. The SMILES string of the molecule is O=C(Oc1ccc2c(c1)OC(=Cc1ccc(Cl)c(Cl)c1)C2=O)c1ccccc1Cl. The van der Waals surface area contributed by atoms with Gasteiger partial charge in [0.05, 0.1) is 26.2 Å². The van der Waals surface area contributed by atoms with Crippen LogP contribution >= 0.6 is 34.8 Å². The van der Waals surface area contributed by atoms with Gasteiger partial charge in [-0.1, -0.05) is 53.0 Å². The highest BCUT2D eigenvalue weighted by molar-refractivity contribution is 6.42. The Hall–Kier alpha value is -2.79. The number of ether oxygens (including phenoxy) is 2. The number of benzene rings is 3. The molecule has 0 aliphatic carbocycles. The first kappa shape index (κ1) is 19.5. The number of ketones is 1. The molecule has 0 saturated heterocycles. The normalized spacial score (nSPS) is 13.9. The van der Waals surface area contributed by atoms with E-state index in [-0.39, 0.29) is 27.9 Å². The predicted molar refractivity (Wildman–Crippen MR) is 112 cm³/mol. The summed E-state index contributed by atoms with van der Waals surface area (Å²) in [5.41, 5.74) is 1.28. The van der Waals surface area contributed by atoms with Crippen molar-refractivity contribution in [3.05, 3.63) is 98.2 Å². The van der Waals surface area contributed by atoms with Crippen molar-refractivity contribution in [1.29, 1.82) is 0 Å². The molecule has 4 rings (SSSR count). The van der Waals surface area contributed by atoms with Crippen LogP contribution in [0.15, 0.2) is 66.4 Å². The summed E-state index contributed by atoms with van der Waals surface area (Å²) in [4.78, 5) is 24.9. The van der Waals surface area contributed by atoms with Crippen molar-refractivity contribution >= 4 is 52.6 Å². The molecule has 0 N–H and O–H groups in total. The number of hydrogen-bond acceptors (Lipinski definition) is 4. The Morgan fingerprint density at radius 1 is 0.897 bits per heavy atom. The monoisotopic (exact) mass is 444 g/mol. The third-order valence-electron chi connectivity index (χ3n) is 4.19. The van der Waals surface area contributed by atoms with Crippen molar-refractivity contribution in [2.24, 2.45) is 0 Å². The summed E-state index contributed by atoms with van der Waals surface area (Å²) in [5, 5.41) is 1.08. The Kier molecular flexibility index (Phi) is 5.33. The molecule has 0 bridgehead atoms. The minimum Gasteiger partial charge on any atom is -0.452 e. The van der Waals surface area contributed by atoms with Crippen LogP contribution in [0.3, 0.4) is 0 Å². The van der Waals surface area contributed by atoms with Crippen molar-refractivity contribution in [3.63, 3.8) is 0 Å². The van der Waals surface area contributed by atoms with Crippen LogP contribution in [0.5, 0.6) is 11.5 Å². The van der Waals surface area contributed by atoms with E-state index in [9.17, 15) is 9.59 Å². The van der Waals surface area contributed by atoms with Crippen LogP contribution in [0.2, 0.25) is 15.1 Å². The van der Waals surface area contributed by atoms with E-state index in [0.717, 1.165) is 0 Å². The topological polar surface area (TPSA) is 52.6 Å². The predicted octanol–water partition coefficient (Wildman–Crippen LogP) is 6.48. The summed E-state index contributed by atoms with van der Waals surface area (Å²) >= 11 is 17.9. The van der Waals surface area contributed by atoms with Gasteiger partial charge in [-0.15, -0.1) is 0 Å². The zero-order valence-corrected chi connectivity index (χ0v) is 16.9. The van der Waals surface area contributed by atoms with Crippen LogP contribution in [-0.2, 0) is 0 Å². The van der Waals surface area contributed by atoms with Gasteiger partial charge in [-0.2, -0.15) is 0 Å². The molecule has 0 aromatic heterocycles. The van der Waals surface area contributed by atoms with E-state index in [1.54, 1.807) is 54.6 Å². The molecule has 29 heavy (non-hydrogen) atoms. The molecule has 0 saturated carbocycles. The highest BCUT2D eigenvalue weighted by Gasteiger charge is 2.28. The Balaban J connectivity index is 1.57. The number of hydrogen-bond donors (Lipinski definition) is 0. The van der Waals surface area contributed by atoms with Crippen LogP contribution in [0, 0.1) is 0 Å². The largest absolute Gasteiger partial charge is 0.452 e. The molecule has 3 aromatic rings. The molecular formula is C22H11Cl3O4. The van der Waals surface area contributed by atoms with Crippen molar-refractivity contribution in [1.82, 2.24) is 0 Å². The van der Waals surface area contributed by atoms with Crippen molar-refractivity contribution in [2.45, 2.75) is 0 Å². The van der Waals surface area contributed by atoms with Gasteiger partial charge in [-0.3, -0.25) is 4.79 Å². The third kappa shape index (κ3) is 4.01. The highest BCUT2D eigenvalue weighted by atomic mass is 35.5. The lowest BCUT2D eigenvalue weighted by molar-refractivity contribution is 0.0734. The summed E-state index contributed by atoms with van der Waals surface area (Å²) in [6.07, 6.45) is 1.57. The number of fused-ring (bicyclic) bond motifs is 1. The fourth-order valence-corrected chi connectivity index (χ4v) is 3.29. The zero-order valence-electron chi connectivity index (χ0n) is 14.6. The fraction of sp³-hybridized carbons (Fsp3) is 0. The van der Waals surface area contributed by atoms with Gasteiger partial charge < -0.3 is 9.47 Å². The lowest BCUT2D eigenvalue weighted by Crippen LogP contribution is -2.09. The summed E-state index contributed by atoms with van der Waals surface area (Å²) in [5.74, 6) is -0.225. The van der Waals surface area contributed by atoms with Gasteiger partial charge in [0, 0.05) is 6.07 Å². The highest BCUT2D eigenvalue weighted by Crippen LogP contribution is 2.35. The van der Waals surface area contributed by atoms with E-state index in [1.807, 2.05) is 0 Å². The fourth-order valence-electron chi connectivity index (χ4n) is 2.77. The molecule has 1 heterocycles. The second kappa shape index (κ2) is 7.91. The van der Waals surface area contributed by atoms with E-state index >= 15 is 0 Å². The van der Waals surface area contributed by atoms with E-state index in [2.05, 4.69) is 0 Å². The smallest absolute Gasteiger partial charge is 0.345 e. The lowest BCUT2D eigenvalue weighted by Gasteiger charge is -2.06. The van der Waals surface area contributed by atoms with Crippen molar-refractivity contribution in [3.8, 4) is 11.5 Å². The molecule has 7 heteroatoms. The summed E-state index contributed by atoms with van der Waals surface area (Å²) in [7, 11) is 0. The van der Waals surface area contributed by atoms with Gasteiger partial charge >= 0.3 is 5.97 Å². The number of esters is 1. The average Bonchev–Trinajstić information content (AvgIpc) is 3.00. The number of halogens is 3. The Labute approximate surface area is 181 Å². The van der Waals surface area contributed by atoms with E-state index < -0.39 is 5.97 Å². The first-order valence-electron chi connectivity index (χ1n) is 8.42. The van der Waals surface area contributed by atoms with Crippen molar-refractivity contribution < 1.29 is 19.1 Å². The molecular weight excluding hydrogens is 435 g/mol. The molecule has 0 amide bonds. The molecule has 0 atom stereocenters. The van der Waals surface area contributed by atoms with Gasteiger partial charge in [0.1, 0.15) is 11.5 Å². The van der Waals surface area contributed by atoms with Gasteiger partial charge in [0.2, 0.25) is 5.78 Å². The Bertz CT molecular complexity index is 1180. The van der Waals surface area contributed by atoms with E-state index in [0.29, 0.717) is 26.9 Å². The Morgan fingerprint density at radius 3 is 2.45 bits per heavy atom. The average molecular weight is 446 g/mol. The molecule has 0 radical (unpaired) electrons. The van der Waals surface area contributed by atoms with Gasteiger partial charge in [-0.25, -0.2) is 4.79 Å². The molecule has 0 fully saturated rings. The molecule has 1 aliphatic rings. The number of rotatable bonds is 3. The molecule has 0 spiro atoms. The molecule has 3 aromatic carbocycles. The summed E-state index contributed by atoms with van der Waals surface area (Å²) < 4.78 is 11.0. The van der Waals surface area contributed by atoms with E-state index in [1.165, 1.54) is 12.1 Å². The van der Waals surface area contributed by atoms with Crippen LogP contribution in [-0.4, -0.2) is 11.8 Å². The number of carbonyl (C=O) groups is 2. The standard InChI is InChI=1S/C22H11Cl3O4/c23-16-4-2-1-3-14(16)22(27)28-13-6-7-15-19(11-13)29-20(21(15)26)10-12-5-8-17(24)18(25)9-12/h1-11H.